The zero-order valence-corrected chi connectivity index (χ0v) is 8.62. The maximum Gasteiger partial charge on any atom is 0.0115 e. The molecule has 0 atom stereocenters. The Morgan fingerprint density at radius 1 is 1.27 bits per heavy atom. The first-order chi connectivity index (χ1) is 4.79. The summed E-state index contributed by atoms with van der Waals surface area (Å²) in [7, 11) is 0. The van der Waals surface area contributed by atoms with E-state index in [4.69, 9.17) is 5.73 Å². The Bertz CT molecular complexity index is 218. The van der Waals surface area contributed by atoms with Crippen molar-refractivity contribution in [2.45, 2.75) is 6.42 Å². The second kappa shape index (κ2) is 5.18. The van der Waals surface area contributed by atoms with Crippen LogP contribution in [0, 0.1) is 0 Å². The Labute approximate surface area is 84.3 Å². The van der Waals surface area contributed by atoms with E-state index in [1.54, 1.807) is 0 Å². The average Bonchev–Trinajstić information content (AvgIpc) is 1.88. The van der Waals surface area contributed by atoms with Crippen molar-refractivity contribution in [3.05, 3.63) is 48.2 Å². The van der Waals surface area contributed by atoms with E-state index in [1.807, 2.05) is 30.3 Å². The lowest BCUT2D eigenvalue weighted by atomic mass is 10.1. The molecule has 0 aliphatic rings. The highest BCUT2D eigenvalue weighted by atomic mass is 127. The van der Waals surface area contributed by atoms with E-state index in [-0.39, 0.29) is 24.0 Å². The summed E-state index contributed by atoms with van der Waals surface area (Å²) in [5.41, 5.74) is 7.36. The van der Waals surface area contributed by atoms with Crippen LogP contribution in [0.5, 0.6) is 0 Å². The van der Waals surface area contributed by atoms with E-state index in [9.17, 15) is 0 Å². The fraction of sp³-hybridized carbons (Fsp3) is 0.111. The summed E-state index contributed by atoms with van der Waals surface area (Å²) in [4.78, 5) is 0. The van der Waals surface area contributed by atoms with E-state index >= 15 is 0 Å². The van der Waals surface area contributed by atoms with Crippen molar-refractivity contribution in [1.29, 1.82) is 0 Å². The second-order valence-electron chi connectivity index (χ2n) is 2.32. The highest BCUT2D eigenvalue weighted by Crippen LogP contribution is 2.01. The lowest BCUT2D eigenvalue weighted by Gasteiger charge is -1.97. The monoisotopic (exact) mass is 261 g/mol. The van der Waals surface area contributed by atoms with Gasteiger partial charge in [-0.25, -0.2) is 0 Å². The molecule has 0 heterocycles. The molecule has 1 aromatic rings. The minimum Gasteiger partial charge on any atom is -0.402 e. The molecule has 11 heavy (non-hydrogen) atoms. The van der Waals surface area contributed by atoms with Gasteiger partial charge in [0.2, 0.25) is 0 Å². The van der Waals surface area contributed by atoms with E-state index in [0.29, 0.717) is 5.70 Å². The summed E-state index contributed by atoms with van der Waals surface area (Å²) >= 11 is 0. The SMILES string of the molecule is C=C(N)Cc1ccccc1.I. The van der Waals surface area contributed by atoms with Gasteiger partial charge in [0, 0.05) is 12.1 Å². The lowest BCUT2D eigenvalue weighted by molar-refractivity contribution is 1.12. The zero-order valence-electron chi connectivity index (χ0n) is 6.29. The summed E-state index contributed by atoms with van der Waals surface area (Å²) < 4.78 is 0. The van der Waals surface area contributed by atoms with E-state index in [1.165, 1.54) is 5.56 Å². The molecule has 0 aliphatic heterocycles. The van der Waals surface area contributed by atoms with E-state index in [2.05, 4.69) is 6.58 Å². The van der Waals surface area contributed by atoms with Gasteiger partial charge in [-0.1, -0.05) is 36.9 Å². The van der Waals surface area contributed by atoms with Gasteiger partial charge in [-0.3, -0.25) is 0 Å². The molecule has 0 radical (unpaired) electrons. The fourth-order valence-corrected chi connectivity index (χ4v) is 0.858. The minimum absolute atomic E-state index is 0. The Morgan fingerprint density at radius 3 is 2.27 bits per heavy atom. The first-order valence-corrected chi connectivity index (χ1v) is 3.26. The van der Waals surface area contributed by atoms with Crippen LogP contribution in [-0.4, -0.2) is 0 Å². The zero-order chi connectivity index (χ0) is 7.40. The number of rotatable bonds is 2. The predicted molar refractivity (Wildman–Crippen MR) is 58.9 cm³/mol. The Hall–Kier alpha value is -0.510. The number of benzene rings is 1. The summed E-state index contributed by atoms with van der Waals surface area (Å²) in [6, 6.07) is 10.1. The van der Waals surface area contributed by atoms with Crippen molar-refractivity contribution in [3.8, 4) is 0 Å². The smallest absolute Gasteiger partial charge is 0.0115 e. The summed E-state index contributed by atoms with van der Waals surface area (Å²) in [5, 5.41) is 0. The topological polar surface area (TPSA) is 26.0 Å². The third kappa shape index (κ3) is 4.03. The number of nitrogens with two attached hydrogens (primary N) is 1. The molecule has 0 saturated heterocycles. The maximum atomic E-state index is 5.43. The molecule has 1 aromatic carbocycles. The van der Waals surface area contributed by atoms with Gasteiger partial charge in [-0.15, -0.1) is 24.0 Å². The molecule has 0 unspecified atom stereocenters. The first-order valence-electron chi connectivity index (χ1n) is 3.26. The van der Waals surface area contributed by atoms with Crippen LogP contribution < -0.4 is 5.73 Å². The van der Waals surface area contributed by atoms with Gasteiger partial charge < -0.3 is 5.73 Å². The summed E-state index contributed by atoms with van der Waals surface area (Å²) in [5.74, 6) is 0. The Balaban J connectivity index is 0.000001000. The van der Waals surface area contributed by atoms with E-state index in [0.717, 1.165) is 6.42 Å². The Kier molecular flexibility index (Phi) is 4.94. The van der Waals surface area contributed by atoms with Crippen LogP contribution in [-0.2, 0) is 6.42 Å². The molecule has 1 rings (SSSR count). The molecule has 2 N–H and O–H groups in total. The molecular formula is C9H12IN. The van der Waals surface area contributed by atoms with Gasteiger partial charge in [0.25, 0.3) is 0 Å². The minimum atomic E-state index is 0. The molecule has 0 amide bonds. The number of hydrogen-bond acceptors (Lipinski definition) is 1. The highest BCUT2D eigenvalue weighted by Gasteiger charge is 1.89. The molecule has 2 heteroatoms. The van der Waals surface area contributed by atoms with Crippen molar-refractivity contribution in [1.82, 2.24) is 0 Å². The third-order valence-corrected chi connectivity index (χ3v) is 1.27. The van der Waals surface area contributed by atoms with Crippen LogP contribution in [0.4, 0.5) is 0 Å². The van der Waals surface area contributed by atoms with Crippen molar-refractivity contribution in [2.24, 2.45) is 5.73 Å². The standard InChI is InChI=1S/C9H11N.HI/c1-8(10)7-9-5-3-2-4-6-9;/h2-6H,1,7,10H2;1H. The van der Waals surface area contributed by atoms with Crippen molar-refractivity contribution >= 4 is 24.0 Å². The lowest BCUT2D eigenvalue weighted by Crippen LogP contribution is -1.98. The highest BCUT2D eigenvalue weighted by molar-refractivity contribution is 14.0. The number of allylic oxidation sites excluding steroid dienone is 1. The molecule has 0 aromatic heterocycles. The van der Waals surface area contributed by atoms with Crippen LogP contribution in [0.15, 0.2) is 42.6 Å². The van der Waals surface area contributed by atoms with Crippen LogP contribution >= 0.6 is 24.0 Å². The van der Waals surface area contributed by atoms with Crippen molar-refractivity contribution in [2.75, 3.05) is 0 Å². The van der Waals surface area contributed by atoms with Crippen molar-refractivity contribution in [3.63, 3.8) is 0 Å². The first kappa shape index (κ1) is 10.5. The molecule has 0 aliphatic carbocycles. The van der Waals surface area contributed by atoms with Crippen LogP contribution in [0.1, 0.15) is 5.56 Å². The van der Waals surface area contributed by atoms with Crippen LogP contribution in [0.2, 0.25) is 0 Å². The molecule has 60 valence electrons. The molecule has 0 fully saturated rings. The van der Waals surface area contributed by atoms with Gasteiger partial charge in [0.05, 0.1) is 0 Å². The van der Waals surface area contributed by atoms with Crippen LogP contribution in [0.3, 0.4) is 0 Å². The molecule has 0 bridgehead atoms. The average molecular weight is 261 g/mol. The third-order valence-electron chi connectivity index (χ3n) is 1.27. The largest absolute Gasteiger partial charge is 0.402 e. The summed E-state index contributed by atoms with van der Waals surface area (Å²) in [6.07, 6.45) is 0.779. The summed E-state index contributed by atoms with van der Waals surface area (Å²) in [6.45, 7) is 3.63. The van der Waals surface area contributed by atoms with Gasteiger partial charge in [-0.05, 0) is 5.56 Å². The van der Waals surface area contributed by atoms with Gasteiger partial charge in [-0.2, -0.15) is 0 Å². The number of halogens is 1. The Morgan fingerprint density at radius 2 is 1.82 bits per heavy atom. The normalized spacial score (nSPS) is 8.36. The quantitative estimate of drug-likeness (QED) is 0.812. The van der Waals surface area contributed by atoms with Crippen molar-refractivity contribution < 1.29 is 0 Å². The van der Waals surface area contributed by atoms with Gasteiger partial charge >= 0.3 is 0 Å². The van der Waals surface area contributed by atoms with Gasteiger partial charge in [0.15, 0.2) is 0 Å². The van der Waals surface area contributed by atoms with Gasteiger partial charge in [0.1, 0.15) is 0 Å². The fourth-order valence-electron chi connectivity index (χ4n) is 0.858. The molecule has 1 nitrogen and oxygen atoms in total. The predicted octanol–water partition coefficient (Wildman–Crippen LogP) is 2.32. The molecule has 0 saturated carbocycles. The van der Waals surface area contributed by atoms with Crippen LogP contribution in [0.25, 0.3) is 0 Å². The molecule has 0 spiro atoms. The second-order valence-corrected chi connectivity index (χ2v) is 2.32. The maximum absolute atomic E-state index is 5.43. The number of hydrogen-bond donors (Lipinski definition) is 1. The van der Waals surface area contributed by atoms with E-state index < -0.39 is 0 Å². The molecular weight excluding hydrogens is 249 g/mol.